The van der Waals surface area contributed by atoms with E-state index >= 15 is 0 Å². The number of nitrogen functional groups attached to an aromatic ring is 1. The fraction of sp³-hybridized carbons (Fsp3) is 0.591. The molecular formula is C22H35N3. The van der Waals surface area contributed by atoms with Crippen molar-refractivity contribution in [3.8, 4) is 0 Å². The van der Waals surface area contributed by atoms with Crippen LogP contribution >= 0.6 is 0 Å². The van der Waals surface area contributed by atoms with Crippen LogP contribution in [0.5, 0.6) is 0 Å². The number of hydrogen-bond donors (Lipinski definition) is 2. The first-order valence-electron chi connectivity index (χ1n) is 9.82. The van der Waals surface area contributed by atoms with Gasteiger partial charge in [-0.1, -0.05) is 25.8 Å². The summed E-state index contributed by atoms with van der Waals surface area (Å²) < 4.78 is 0. The van der Waals surface area contributed by atoms with E-state index in [2.05, 4.69) is 62.3 Å². The number of hydrogen-bond acceptors (Lipinski definition) is 3. The average molecular weight is 342 g/mol. The molecule has 1 heterocycles. The third-order valence-electron chi connectivity index (χ3n) is 4.59. The number of rotatable bonds is 9. The predicted molar refractivity (Wildman–Crippen MR) is 110 cm³/mol. The maximum atomic E-state index is 6.14. The molecule has 1 aromatic carbocycles. The summed E-state index contributed by atoms with van der Waals surface area (Å²) in [5.74, 6) is 0.699. The maximum Gasteiger partial charge on any atom is 0.127 e. The van der Waals surface area contributed by atoms with E-state index in [0.29, 0.717) is 5.82 Å². The number of nitrogens with zero attached hydrogens (tertiary/aromatic N) is 1. The van der Waals surface area contributed by atoms with Crippen LogP contribution < -0.4 is 11.1 Å². The number of fused-ring (bicyclic) bond motifs is 1. The smallest absolute Gasteiger partial charge is 0.127 e. The highest BCUT2D eigenvalue weighted by Crippen LogP contribution is 2.22. The van der Waals surface area contributed by atoms with E-state index in [9.17, 15) is 0 Å². The topological polar surface area (TPSA) is 50.9 Å². The van der Waals surface area contributed by atoms with Gasteiger partial charge in [-0.05, 0) is 88.7 Å². The number of aromatic nitrogens is 1. The van der Waals surface area contributed by atoms with Gasteiger partial charge in [-0.2, -0.15) is 0 Å². The zero-order valence-electron chi connectivity index (χ0n) is 16.5. The van der Waals surface area contributed by atoms with Crippen molar-refractivity contribution in [3.63, 3.8) is 0 Å². The van der Waals surface area contributed by atoms with E-state index in [1.807, 2.05) is 0 Å². The Morgan fingerprint density at radius 3 is 2.48 bits per heavy atom. The van der Waals surface area contributed by atoms with Crippen LogP contribution in [-0.4, -0.2) is 17.1 Å². The van der Waals surface area contributed by atoms with Gasteiger partial charge in [-0.15, -0.1) is 0 Å². The molecule has 0 aliphatic rings. The van der Waals surface area contributed by atoms with Crippen LogP contribution in [0.3, 0.4) is 0 Å². The molecule has 0 radical (unpaired) electrons. The van der Waals surface area contributed by atoms with Crippen LogP contribution in [0.2, 0.25) is 0 Å². The molecule has 138 valence electrons. The second-order valence-corrected chi connectivity index (χ2v) is 8.15. The Labute approximate surface area is 153 Å². The fourth-order valence-electron chi connectivity index (χ4n) is 3.12. The molecule has 0 aliphatic carbocycles. The number of nitrogens with two attached hydrogens (primary N) is 1. The van der Waals surface area contributed by atoms with E-state index in [0.717, 1.165) is 24.9 Å². The SMILES string of the molecule is CCCCCc1cc2cc(CCCCNC(C)(C)C)ccc2nc1N. The van der Waals surface area contributed by atoms with E-state index in [1.165, 1.54) is 48.6 Å². The van der Waals surface area contributed by atoms with E-state index < -0.39 is 0 Å². The highest BCUT2D eigenvalue weighted by molar-refractivity contribution is 5.82. The zero-order valence-corrected chi connectivity index (χ0v) is 16.5. The first kappa shape index (κ1) is 19.7. The lowest BCUT2D eigenvalue weighted by atomic mass is 10.0. The lowest BCUT2D eigenvalue weighted by Crippen LogP contribution is -2.36. The third-order valence-corrected chi connectivity index (χ3v) is 4.59. The quantitative estimate of drug-likeness (QED) is 0.612. The Hall–Kier alpha value is -1.61. The Balaban J connectivity index is 1.96. The molecule has 0 bridgehead atoms. The summed E-state index contributed by atoms with van der Waals surface area (Å²) in [5.41, 5.74) is 9.96. The molecule has 0 atom stereocenters. The minimum atomic E-state index is 0.211. The van der Waals surface area contributed by atoms with Crippen LogP contribution in [0.25, 0.3) is 10.9 Å². The zero-order chi connectivity index (χ0) is 18.3. The molecule has 0 fully saturated rings. The van der Waals surface area contributed by atoms with Gasteiger partial charge in [0, 0.05) is 10.9 Å². The largest absolute Gasteiger partial charge is 0.383 e. The fourth-order valence-corrected chi connectivity index (χ4v) is 3.12. The molecule has 0 aliphatic heterocycles. The van der Waals surface area contributed by atoms with Crippen LogP contribution in [0.1, 0.15) is 70.9 Å². The lowest BCUT2D eigenvalue weighted by Gasteiger charge is -2.20. The molecule has 0 saturated carbocycles. The molecule has 0 spiro atoms. The molecule has 0 amide bonds. The summed E-state index contributed by atoms with van der Waals surface area (Å²) in [6.45, 7) is 9.95. The first-order chi connectivity index (χ1) is 11.9. The van der Waals surface area contributed by atoms with Crippen molar-refractivity contribution >= 4 is 16.7 Å². The summed E-state index contributed by atoms with van der Waals surface area (Å²) in [6, 6.07) is 8.85. The van der Waals surface area contributed by atoms with Gasteiger partial charge in [0.15, 0.2) is 0 Å². The Kier molecular flexibility index (Phi) is 7.24. The Morgan fingerprint density at radius 2 is 1.76 bits per heavy atom. The van der Waals surface area contributed by atoms with Crippen LogP contribution in [-0.2, 0) is 12.8 Å². The van der Waals surface area contributed by atoms with Crippen molar-refractivity contribution < 1.29 is 0 Å². The molecule has 3 N–H and O–H groups in total. The van der Waals surface area contributed by atoms with Crippen molar-refractivity contribution in [1.82, 2.24) is 10.3 Å². The second-order valence-electron chi connectivity index (χ2n) is 8.15. The van der Waals surface area contributed by atoms with Gasteiger partial charge < -0.3 is 11.1 Å². The highest BCUT2D eigenvalue weighted by Gasteiger charge is 2.08. The summed E-state index contributed by atoms with van der Waals surface area (Å²) in [5, 5.41) is 4.78. The molecule has 2 rings (SSSR count). The lowest BCUT2D eigenvalue weighted by molar-refractivity contribution is 0.419. The Bertz CT molecular complexity index is 671. The maximum absolute atomic E-state index is 6.14. The number of unbranched alkanes of at least 4 members (excludes halogenated alkanes) is 3. The van der Waals surface area contributed by atoms with Crippen molar-refractivity contribution in [3.05, 3.63) is 35.4 Å². The molecule has 3 nitrogen and oxygen atoms in total. The number of benzene rings is 1. The van der Waals surface area contributed by atoms with Gasteiger partial charge in [0.2, 0.25) is 0 Å². The number of aryl methyl sites for hydroxylation is 2. The monoisotopic (exact) mass is 341 g/mol. The normalized spacial score (nSPS) is 12.0. The van der Waals surface area contributed by atoms with Crippen molar-refractivity contribution in [2.24, 2.45) is 0 Å². The average Bonchev–Trinajstić information content (AvgIpc) is 2.54. The number of anilines is 1. The van der Waals surface area contributed by atoms with Gasteiger partial charge in [0.05, 0.1) is 5.52 Å². The van der Waals surface area contributed by atoms with Crippen molar-refractivity contribution in [1.29, 1.82) is 0 Å². The second kappa shape index (κ2) is 9.19. The molecule has 25 heavy (non-hydrogen) atoms. The summed E-state index contributed by atoms with van der Waals surface area (Å²) in [7, 11) is 0. The third kappa shape index (κ3) is 6.66. The van der Waals surface area contributed by atoms with Crippen LogP contribution in [0.15, 0.2) is 24.3 Å². The highest BCUT2D eigenvalue weighted by atomic mass is 14.9. The van der Waals surface area contributed by atoms with E-state index in [-0.39, 0.29) is 5.54 Å². The van der Waals surface area contributed by atoms with Crippen molar-refractivity contribution in [2.45, 2.75) is 78.2 Å². The summed E-state index contributed by atoms with van der Waals surface area (Å²) in [6.07, 6.45) is 8.24. The molecule has 0 saturated heterocycles. The van der Waals surface area contributed by atoms with Crippen LogP contribution in [0.4, 0.5) is 5.82 Å². The minimum absolute atomic E-state index is 0.211. The Morgan fingerprint density at radius 1 is 1.00 bits per heavy atom. The van der Waals surface area contributed by atoms with Gasteiger partial charge in [0.25, 0.3) is 0 Å². The molecule has 3 heteroatoms. The standard InChI is InChI=1S/C22H35N3/c1-5-6-7-11-18-16-19-15-17(12-13-20(19)25-21(18)23)10-8-9-14-24-22(2,3)4/h12-13,15-16,24H,5-11,14H2,1-4H3,(H2,23,25). The minimum Gasteiger partial charge on any atom is -0.383 e. The number of pyridine rings is 1. The summed E-state index contributed by atoms with van der Waals surface area (Å²) in [4.78, 5) is 4.60. The van der Waals surface area contributed by atoms with Gasteiger partial charge in [-0.25, -0.2) is 4.98 Å². The van der Waals surface area contributed by atoms with Gasteiger partial charge in [0.1, 0.15) is 5.82 Å². The van der Waals surface area contributed by atoms with E-state index in [4.69, 9.17) is 5.73 Å². The van der Waals surface area contributed by atoms with Gasteiger partial charge >= 0.3 is 0 Å². The van der Waals surface area contributed by atoms with Crippen LogP contribution in [0, 0.1) is 0 Å². The number of nitrogens with one attached hydrogen (secondary N) is 1. The van der Waals surface area contributed by atoms with Crippen molar-refractivity contribution in [2.75, 3.05) is 12.3 Å². The first-order valence-corrected chi connectivity index (χ1v) is 9.82. The molecular weight excluding hydrogens is 306 g/mol. The predicted octanol–water partition coefficient (Wildman–Crippen LogP) is 5.26. The molecule has 0 unspecified atom stereocenters. The molecule has 1 aromatic heterocycles. The van der Waals surface area contributed by atoms with Gasteiger partial charge in [-0.3, -0.25) is 0 Å². The van der Waals surface area contributed by atoms with E-state index in [1.54, 1.807) is 0 Å². The summed E-state index contributed by atoms with van der Waals surface area (Å²) >= 11 is 0. The molecule has 2 aromatic rings.